The summed E-state index contributed by atoms with van der Waals surface area (Å²) in [5.41, 5.74) is 5.04. The van der Waals surface area contributed by atoms with Crippen LogP contribution in [0, 0.1) is 27.7 Å². The molecule has 29 heavy (non-hydrogen) atoms. The molecule has 5 heteroatoms. The van der Waals surface area contributed by atoms with E-state index in [1.807, 2.05) is 58.0 Å². The monoisotopic (exact) mass is 392 g/mol. The maximum atomic E-state index is 12.4. The first-order valence-electron chi connectivity index (χ1n) is 9.55. The average molecular weight is 392 g/mol. The van der Waals surface area contributed by atoms with Gasteiger partial charge in [-0.25, -0.2) is 4.79 Å². The van der Waals surface area contributed by atoms with Crippen molar-refractivity contribution < 1.29 is 18.7 Å². The lowest BCUT2D eigenvalue weighted by Crippen LogP contribution is -2.10. The minimum absolute atomic E-state index is 0.0102. The highest BCUT2D eigenvalue weighted by Crippen LogP contribution is 2.24. The Kier molecular flexibility index (Phi) is 5.97. The molecule has 0 spiro atoms. The number of fused-ring (bicyclic) bond motifs is 1. The van der Waals surface area contributed by atoms with E-state index in [-0.39, 0.29) is 25.2 Å². The van der Waals surface area contributed by atoms with Gasteiger partial charge in [0.2, 0.25) is 0 Å². The number of ketones is 1. The number of carbonyl (C=O) groups excluding carboxylic acids is 2. The quantitative estimate of drug-likeness (QED) is 0.344. The van der Waals surface area contributed by atoms with Crippen molar-refractivity contribution in [2.24, 2.45) is 0 Å². The maximum absolute atomic E-state index is 12.4. The molecule has 3 aromatic rings. The standard InChI is InChI=1S/C24H24O5/c1-14-5-6-16(3)20(11-14)21(25)9-10-22(26)28-13-18-12-23(27)29-24-17(4)15(2)7-8-19(18)24/h5-8,11-12H,9-10,13H2,1-4H3. The molecule has 0 saturated heterocycles. The van der Waals surface area contributed by atoms with E-state index in [1.54, 1.807) is 0 Å². The fourth-order valence-electron chi connectivity index (χ4n) is 3.26. The lowest BCUT2D eigenvalue weighted by Gasteiger charge is -2.10. The molecule has 0 amide bonds. The second-order valence-electron chi connectivity index (χ2n) is 7.38. The molecule has 0 N–H and O–H groups in total. The number of ether oxygens (including phenoxy) is 1. The van der Waals surface area contributed by atoms with Gasteiger partial charge in [0, 0.05) is 29.0 Å². The van der Waals surface area contributed by atoms with Crippen molar-refractivity contribution in [1.82, 2.24) is 0 Å². The highest BCUT2D eigenvalue weighted by atomic mass is 16.5. The third-order valence-corrected chi connectivity index (χ3v) is 5.16. The van der Waals surface area contributed by atoms with E-state index in [2.05, 4.69) is 0 Å². The Balaban J connectivity index is 1.67. The Bertz CT molecular complexity index is 1150. The van der Waals surface area contributed by atoms with Crippen LogP contribution in [0.4, 0.5) is 0 Å². The fraction of sp³-hybridized carbons (Fsp3) is 0.292. The summed E-state index contributed by atoms with van der Waals surface area (Å²) >= 11 is 0. The van der Waals surface area contributed by atoms with Gasteiger partial charge in [-0.2, -0.15) is 0 Å². The first-order chi connectivity index (χ1) is 13.8. The molecule has 5 nitrogen and oxygen atoms in total. The molecule has 2 aromatic carbocycles. The molecule has 3 rings (SSSR count). The van der Waals surface area contributed by atoms with Crippen molar-refractivity contribution in [3.63, 3.8) is 0 Å². The van der Waals surface area contributed by atoms with Gasteiger partial charge in [-0.3, -0.25) is 9.59 Å². The van der Waals surface area contributed by atoms with Crippen LogP contribution in [-0.2, 0) is 16.1 Å². The van der Waals surface area contributed by atoms with Gasteiger partial charge < -0.3 is 9.15 Å². The Morgan fingerprint density at radius 3 is 2.41 bits per heavy atom. The average Bonchev–Trinajstić information content (AvgIpc) is 2.69. The number of rotatable bonds is 6. The zero-order valence-corrected chi connectivity index (χ0v) is 17.1. The Morgan fingerprint density at radius 1 is 0.931 bits per heavy atom. The smallest absolute Gasteiger partial charge is 0.336 e. The third kappa shape index (κ3) is 4.62. The van der Waals surface area contributed by atoms with Crippen LogP contribution in [0.3, 0.4) is 0 Å². The molecule has 0 aliphatic heterocycles. The van der Waals surface area contributed by atoms with Crippen LogP contribution in [0.2, 0.25) is 0 Å². The maximum Gasteiger partial charge on any atom is 0.336 e. The first kappa shape index (κ1) is 20.5. The number of aryl methyl sites for hydroxylation is 4. The van der Waals surface area contributed by atoms with Crippen molar-refractivity contribution in [3.8, 4) is 0 Å². The molecule has 0 aliphatic rings. The molecule has 0 fully saturated rings. The van der Waals surface area contributed by atoms with E-state index >= 15 is 0 Å². The fourth-order valence-corrected chi connectivity index (χ4v) is 3.26. The Morgan fingerprint density at radius 2 is 1.66 bits per heavy atom. The van der Waals surface area contributed by atoms with Gasteiger partial charge in [0.15, 0.2) is 5.78 Å². The summed E-state index contributed by atoms with van der Waals surface area (Å²) < 4.78 is 10.7. The van der Waals surface area contributed by atoms with E-state index in [0.29, 0.717) is 16.7 Å². The zero-order valence-electron chi connectivity index (χ0n) is 17.1. The van der Waals surface area contributed by atoms with E-state index in [9.17, 15) is 14.4 Å². The van der Waals surface area contributed by atoms with Gasteiger partial charge >= 0.3 is 11.6 Å². The summed E-state index contributed by atoms with van der Waals surface area (Å²) in [7, 11) is 0. The summed E-state index contributed by atoms with van der Waals surface area (Å²) in [6, 6.07) is 10.8. The van der Waals surface area contributed by atoms with Crippen LogP contribution in [0.25, 0.3) is 11.0 Å². The van der Waals surface area contributed by atoms with Crippen molar-refractivity contribution in [2.45, 2.75) is 47.1 Å². The number of carbonyl (C=O) groups is 2. The summed E-state index contributed by atoms with van der Waals surface area (Å²) in [5.74, 6) is -0.561. The van der Waals surface area contributed by atoms with Gasteiger partial charge in [-0.15, -0.1) is 0 Å². The van der Waals surface area contributed by atoms with Crippen LogP contribution >= 0.6 is 0 Å². The largest absolute Gasteiger partial charge is 0.461 e. The van der Waals surface area contributed by atoms with Crippen molar-refractivity contribution in [1.29, 1.82) is 0 Å². The Hall–Kier alpha value is -3.21. The van der Waals surface area contributed by atoms with Gasteiger partial charge in [0.05, 0.1) is 6.42 Å². The molecule has 1 aromatic heterocycles. The molecule has 0 atom stereocenters. The van der Waals surface area contributed by atoms with Crippen molar-refractivity contribution >= 4 is 22.7 Å². The van der Waals surface area contributed by atoms with Gasteiger partial charge in [0.1, 0.15) is 12.2 Å². The Labute approximate surface area is 169 Å². The predicted octanol–water partition coefficient (Wildman–Crippen LogP) is 4.73. The number of hydrogen-bond donors (Lipinski definition) is 0. The van der Waals surface area contributed by atoms with Crippen LogP contribution in [0.1, 0.15) is 51.0 Å². The van der Waals surface area contributed by atoms with Crippen molar-refractivity contribution in [3.05, 3.63) is 80.2 Å². The summed E-state index contributed by atoms with van der Waals surface area (Å²) in [6.45, 7) is 7.58. The SMILES string of the molecule is Cc1ccc(C)c(C(=O)CCC(=O)OCc2cc(=O)oc3c(C)c(C)ccc23)c1. The van der Waals surface area contributed by atoms with Crippen LogP contribution in [-0.4, -0.2) is 11.8 Å². The summed E-state index contributed by atoms with van der Waals surface area (Å²) in [5, 5.41) is 0.743. The zero-order chi connectivity index (χ0) is 21.1. The van der Waals surface area contributed by atoms with E-state index in [4.69, 9.17) is 9.15 Å². The first-order valence-corrected chi connectivity index (χ1v) is 9.55. The highest BCUT2D eigenvalue weighted by Gasteiger charge is 2.14. The van der Waals surface area contributed by atoms with Crippen LogP contribution in [0.15, 0.2) is 45.6 Å². The lowest BCUT2D eigenvalue weighted by molar-refractivity contribution is -0.144. The van der Waals surface area contributed by atoms with Gasteiger partial charge in [-0.1, -0.05) is 29.8 Å². The highest BCUT2D eigenvalue weighted by molar-refractivity contribution is 5.99. The molecule has 0 saturated carbocycles. The molecular formula is C24H24O5. The van der Waals surface area contributed by atoms with Crippen LogP contribution in [0.5, 0.6) is 0 Å². The number of Topliss-reactive ketones (excluding diaryl/α,β-unsaturated/α-hetero) is 1. The second-order valence-corrected chi connectivity index (χ2v) is 7.38. The number of esters is 1. The minimum atomic E-state index is -0.484. The van der Waals surface area contributed by atoms with E-state index < -0.39 is 11.6 Å². The third-order valence-electron chi connectivity index (χ3n) is 5.16. The number of hydrogen-bond acceptors (Lipinski definition) is 5. The summed E-state index contributed by atoms with van der Waals surface area (Å²) in [4.78, 5) is 36.5. The minimum Gasteiger partial charge on any atom is -0.461 e. The molecule has 0 unspecified atom stereocenters. The van der Waals surface area contributed by atoms with Gasteiger partial charge in [-0.05, 0) is 50.5 Å². The molecule has 0 radical (unpaired) electrons. The molecule has 0 bridgehead atoms. The topological polar surface area (TPSA) is 73.6 Å². The van der Waals surface area contributed by atoms with Crippen LogP contribution < -0.4 is 5.63 Å². The number of benzene rings is 2. The predicted molar refractivity (Wildman–Crippen MR) is 111 cm³/mol. The van der Waals surface area contributed by atoms with Gasteiger partial charge in [0.25, 0.3) is 0 Å². The van der Waals surface area contributed by atoms with E-state index in [1.165, 1.54) is 6.07 Å². The van der Waals surface area contributed by atoms with Crippen molar-refractivity contribution in [2.75, 3.05) is 0 Å². The summed E-state index contributed by atoms with van der Waals surface area (Å²) in [6.07, 6.45) is 0.0723. The molecule has 1 heterocycles. The molecular weight excluding hydrogens is 368 g/mol. The van der Waals surface area contributed by atoms with E-state index in [0.717, 1.165) is 27.6 Å². The normalized spacial score (nSPS) is 10.9. The molecule has 150 valence electrons. The lowest BCUT2D eigenvalue weighted by atomic mass is 9.99. The second kappa shape index (κ2) is 8.43. The molecule has 0 aliphatic carbocycles.